The Morgan fingerprint density at radius 3 is 1.34 bits per heavy atom. The van der Waals surface area contributed by atoms with E-state index < -0.39 is 75.6 Å². The molecule has 0 spiro atoms. The monoisotopic (exact) mass is 560 g/mol. The minimum Gasteiger partial charge on any atom is -0.420 e. The van der Waals surface area contributed by atoms with Crippen molar-refractivity contribution in [1.82, 2.24) is 0 Å². The number of carbonyl (C=O) groups is 2. The highest BCUT2D eigenvalue weighted by Crippen LogP contribution is 2.28. The molecular weight excluding hydrogens is 532 g/mol. The Hall–Kier alpha value is -3.22. The van der Waals surface area contributed by atoms with Gasteiger partial charge in [-0.25, -0.2) is 17.6 Å². The molecule has 2 aromatic rings. The fourth-order valence-corrected chi connectivity index (χ4v) is 2.39. The van der Waals surface area contributed by atoms with Gasteiger partial charge in [0.2, 0.25) is 34.8 Å². The van der Waals surface area contributed by atoms with Gasteiger partial charge in [0, 0.05) is 25.2 Å². The van der Waals surface area contributed by atoms with Crippen molar-refractivity contribution in [1.29, 1.82) is 0 Å². The first-order valence-corrected chi connectivity index (χ1v) is 11.4. The summed E-state index contributed by atoms with van der Waals surface area (Å²) in [5, 5.41) is 0. The van der Waals surface area contributed by atoms with Crippen molar-refractivity contribution in [3.63, 3.8) is 0 Å². The molecule has 214 valence electrons. The molecule has 0 aromatic heterocycles. The van der Waals surface area contributed by atoms with Crippen molar-refractivity contribution >= 4 is 11.9 Å². The van der Waals surface area contributed by atoms with Crippen LogP contribution in [0.5, 0.6) is 11.5 Å². The third-order valence-electron chi connectivity index (χ3n) is 4.13. The molecule has 0 amide bonds. The van der Waals surface area contributed by atoms with Crippen LogP contribution in [-0.4, -0.2) is 24.1 Å². The van der Waals surface area contributed by atoms with E-state index in [9.17, 15) is 44.7 Å². The van der Waals surface area contributed by atoms with Crippen LogP contribution in [0, 0.1) is 46.5 Å². The van der Waals surface area contributed by atoms with E-state index in [4.69, 9.17) is 4.74 Å². The van der Waals surface area contributed by atoms with Crippen LogP contribution < -0.4 is 9.47 Å². The lowest BCUT2D eigenvalue weighted by atomic mass is 10.1. The Morgan fingerprint density at radius 2 is 1.03 bits per heavy atom. The minimum atomic E-state index is -1.76. The summed E-state index contributed by atoms with van der Waals surface area (Å²) in [7, 11) is 0. The first-order chi connectivity index (χ1) is 17.6. The summed E-state index contributed by atoms with van der Waals surface area (Å²) in [6, 6.07) is 0.0737. The second kappa shape index (κ2) is 15.9. The van der Waals surface area contributed by atoms with E-state index >= 15 is 0 Å². The summed E-state index contributed by atoms with van der Waals surface area (Å²) in [5.74, 6) is -18.3. The normalized spacial score (nSPS) is 10.6. The Labute approximate surface area is 214 Å². The molecular formula is C25H28F8O5. The van der Waals surface area contributed by atoms with Crippen molar-refractivity contribution in [2.75, 3.05) is 6.61 Å². The van der Waals surface area contributed by atoms with E-state index in [0.717, 1.165) is 6.42 Å². The molecule has 0 heterocycles. The second-order valence-electron chi connectivity index (χ2n) is 7.68. The first-order valence-electron chi connectivity index (χ1n) is 11.4. The molecule has 13 heteroatoms. The van der Waals surface area contributed by atoms with Crippen molar-refractivity contribution in [2.45, 2.75) is 66.4 Å². The van der Waals surface area contributed by atoms with Crippen LogP contribution in [0.4, 0.5) is 35.1 Å². The van der Waals surface area contributed by atoms with E-state index in [0.29, 0.717) is 6.61 Å². The lowest BCUT2D eigenvalue weighted by molar-refractivity contribution is -0.141. The Bertz CT molecular complexity index is 1050. The van der Waals surface area contributed by atoms with Crippen molar-refractivity contribution in [3.05, 3.63) is 58.7 Å². The Balaban J connectivity index is 0.000000709. The third kappa shape index (κ3) is 10.3. The zero-order valence-electron chi connectivity index (χ0n) is 21.5. The highest BCUT2D eigenvalue weighted by atomic mass is 19.2. The lowest BCUT2D eigenvalue weighted by Gasteiger charge is -2.24. The van der Waals surface area contributed by atoms with E-state index in [1.54, 1.807) is 13.8 Å². The van der Waals surface area contributed by atoms with Gasteiger partial charge in [0.25, 0.3) is 0 Å². The largest absolute Gasteiger partial charge is 0.420 e. The van der Waals surface area contributed by atoms with Crippen molar-refractivity contribution < 1.29 is 58.9 Å². The molecule has 2 aromatic carbocycles. The summed E-state index contributed by atoms with van der Waals surface area (Å²) < 4.78 is 117. The average molecular weight is 560 g/mol. The van der Waals surface area contributed by atoms with E-state index in [1.165, 1.54) is 6.92 Å². The van der Waals surface area contributed by atoms with Gasteiger partial charge in [0.1, 0.15) is 0 Å². The van der Waals surface area contributed by atoms with Gasteiger partial charge in [-0.3, -0.25) is 9.59 Å². The van der Waals surface area contributed by atoms with Crippen LogP contribution in [-0.2, 0) is 14.3 Å². The molecule has 0 saturated heterocycles. The van der Waals surface area contributed by atoms with Crippen LogP contribution in [0.3, 0.4) is 0 Å². The van der Waals surface area contributed by atoms with Crippen LogP contribution in [0.15, 0.2) is 12.1 Å². The lowest BCUT2D eigenvalue weighted by Crippen LogP contribution is -2.30. The van der Waals surface area contributed by atoms with Crippen LogP contribution in [0.2, 0.25) is 0 Å². The van der Waals surface area contributed by atoms with Gasteiger partial charge in [-0.2, -0.15) is 17.6 Å². The second-order valence-corrected chi connectivity index (χ2v) is 7.68. The SMILES string of the molecule is CC.CCC(=O)Oc1c(F)c(F)cc(F)c1F.CCCOC(C)(C)CC(=O)Oc1c(F)c(F)cc(F)c1F. The van der Waals surface area contributed by atoms with Crippen LogP contribution >= 0.6 is 0 Å². The van der Waals surface area contributed by atoms with Gasteiger partial charge in [-0.1, -0.05) is 27.7 Å². The van der Waals surface area contributed by atoms with Gasteiger partial charge in [-0.05, 0) is 20.3 Å². The maximum absolute atomic E-state index is 13.3. The predicted octanol–water partition coefficient (Wildman–Crippen LogP) is 7.33. The van der Waals surface area contributed by atoms with E-state index in [2.05, 4.69) is 9.47 Å². The van der Waals surface area contributed by atoms with E-state index in [-0.39, 0.29) is 25.0 Å². The third-order valence-corrected chi connectivity index (χ3v) is 4.13. The quantitative estimate of drug-likeness (QED) is 0.147. The molecule has 0 saturated carbocycles. The fourth-order valence-electron chi connectivity index (χ4n) is 2.39. The molecule has 0 radical (unpaired) electrons. The molecule has 0 fully saturated rings. The van der Waals surface area contributed by atoms with Crippen molar-refractivity contribution in [3.8, 4) is 11.5 Å². The highest BCUT2D eigenvalue weighted by Gasteiger charge is 2.28. The molecule has 0 aliphatic rings. The van der Waals surface area contributed by atoms with Gasteiger partial charge >= 0.3 is 11.9 Å². The van der Waals surface area contributed by atoms with Gasteiger partial charge in [0.05, 0.1) is 12.0 Å². The standard InChI is InChI=1S/C14H16F4O3.C9H6F4O2.C2H6/c1-4-5-20-14(2,3)7-10(19)21-13-11(17)8(15)6-9(16)12(13)18;1-2-6(14)15-9-7(12)4(10)3-5(11)8(9)13;1-2/h6H,4-5,7H2,1-3H3;3H,2H2,1H3;1-2H3. The zero-order chi connectivity index (χ0) is 29.8. The van der Waals surface area contributed by atoms with E-state index in [1.807, 2.05) is 20.8 Å². The maximum atomic E-state index is 13.3. The topological polar surface area (TPSA) is 61.8 Å². The Morgan fingerprint density at radius 1 is 0.684 bits per heavy atom. The van der Waals surface area contributed by atoms with Crippen LogP contribution in [0.25, 0.3) is 0 Å². The fraction of sp³-hybridized carbons (Fsp3) is 0.440. The molecule has 0 bridgehead atoms. The molecule has 0 aliphatic heterocycles. The summed E-state index contributed by atoms with van der Waals surface area (Å²) >= 11 is 0. The number of halogens is 8. The van der Waals surface area contributed by atoms with Gasteiger partial charge in [0.15, 0.2) is 23.3 Å². The molecule has 0 aliphatic carbocycles. The number of carbonyl (C=O) groups excluding carboxylic acids is 2. The number of ether oxygens (including phenoxy) is 3. The molecule has 0 N–H and O–H groups in total. The van der Waals surface area contributed by atoms with Crippen LogP contribution in [0.1, 0.15) is 60.8 Å². The predicted molar refractivity (Wildman–Crippen MR) is 120 cm³/mol. The summed E-state index contributed by atoms with van der Waals surface area (Å²) in [6.45, 7) is 10.8. The van der Waals surface area contributed by atoms with Gasteiger partial charge in [-0.15, -0.1) is 0 Å². The molecule has 2 rings (SSSR count). The number of hydrogen-bond acceptors (Lipinski definition) is 5. The minimum absolute atomic E-state index is 0.0357. The zero-order valence-corrected chi connectivity index (χ0v) is 21.5. The summed E-state index contributed by atoms with van der Waals surface area (Å²) in [6.07, 6.45) is 0.220. The first kappa shape index (κ1) is 34.8. The number of hydrogen-bond donors (Lipinski definition) is 0. The molecule has 0 unspecified atom stereocenters. The summed E-state index contributed by atoms with van der Waals surface area (Å²) in [4.78, 5) is 22.3. The van der Waals surface area contributed by atoms with Gasteiger partial charge < -0.3 is 14.2 Å². The smallest absolute Gasteiger partial charge is 0.314 e. The Kier molecular flexibility index (Phi) is 14.6. The molecule has 0 atom stereocenters. The average Bonchev–Trinajstić information content (AvgIpc) is 2.86. The highest BCUT2D eigenvalue weighted by molar-refractivity contribution is 5.73. The van der Waals surface area contributed by atoms with Crippen molar-refractivity contribution in [2.24, 2.45) is 0 Å². The number of benzene rings is 2. The maximum Gasteiger partial charge on any atom is 0.314 e. The number of esters is 2. The number of rotatable bonds is 8. The summed E-state index contributed by atoms with van der Waals surface area (Å²) in [5.41, 5.74) is -0.925. The molecule has 38 heavy (non-hydrogen) atoms. The molecule has 5 nitrogen and oxygen atoms in total.